The molecule has 0 spiro atoms. The summed E-state index contributed by atoms with van der Waals surface area (Å²) in [6, 6.07) is 5.61. The van der Waals surface area contributed by atoms with E-state index in [0.717, 1.165) is 18.8 Å². The Balaban J connectivity index is 1.40. The van der Waals surface area contributed by atoms with E-state index in [-0.39, 0.29) is 11.9 Å². The van der Waals surface area contributed by atoms with Crippen LogP contribution in [0.4, 0.5) is 5.82 Å². The lowest BCUT2D eigenvalue weighted by Crippen LogP contribution is -2.49. The summed E-state index contributed by atoms with van der Waals surface area (Å²) in [6.07, 6.45) is 4.45. The molecule has 2 amide bonds. The number of nitrogens with two attached hydrogens (primary N) is 1. The smallest absolute Gasteiger partial charge is 0.246 e. The SMILES string of the molecule is CC(COCCC(=O)N1CCN(c2ccc(C#N)cn2)CC1)N1CCCC(C(N)=O)=C1C=N. The summed E-state index contributed by atoms with van der Waals surface area (Å²) in [5, 5.41) is 16.6. The number of pyridine rings is 1. The molecule has 2 aliphatic rings. The summed E-state index contributed by atoms with van der Waals surface area (Å²) in [6.45, 7) is 6.06. The second-order valence-corrected chi connectivity index (χ2v) is 8.23. The van der Waals surface area contributed by atoms with Gasteiger partial charge in [-0.1, -0.05) is 0 Å². The van der Waals surface area contributed by atoms with E-state index < -0.39 is 5.91 Å². The van der Waals surface area contributed by atoms with Crippen molar-refractivity contribution in [3.05, 3.63) is 35.2 Å². The van der Waals surface area contributed by atoms with Crippen LogP contribution >= 0.6 is 0 Å². The normalized spacial score (nSPS) is 17.5. The van der Waals surface area contributed by atoms with Gasteiger partial charge in [-0.15, -0.1) is 0 Å². The molecular formula is C23H31N7O3. The van der Waals surface area contributed by atoms with Crippen LogP contribution in [0.3, 0.4) is 0 Å². The van der Waals surface area contributed by atoms with E-state index in [1.807, 2.05) is 22.8 Å². The van der Waals surface area contributed by atoms with Crippen LogP contribution in [0.2, 0.25) is 0 Å². The summed E-state index contributed by atoms with van der Waals surface area (Å²) in [5.74, 6) is 0.394. The van der Waals surface area contributed by atoms with Crippen molar-refractivity contribution in [2.75, 3.05) is 50.8 Å². The number of carbonyl (C=O) groups excluding carboxylic acids is 2. The zero-order valence-electron chi connectivity index (χ0n) is 19.0. The van der Waals surface area contributed by atoms with Gasteiger partial charge in [0.05, 0.1) is 30.9 Å². The molecule has 0 saturated carbocycles. The second kappa shape index (κ2) is 11.4. The summed E-state index contributed by atoms with van der Waals surface area (Å²) >= 11 is 0. The molecule has 0 aromatic carbocycles. The Morgan fingerprint density at radius 1 is 1.30 bits per heavy atom. The number of nitrogens with zero attached hydrogens (tertiary/aromatic N) is 5. The first-order chi connectivity index (χ1) is 15.9. The number of allylic oxidation sites excluding steroid dienone is 1. The number of hydrogen-bond donors (Lipinski definition) is 2. The Bertz CT molecular complexity index is 930. The van der Waals surface area contributed by atoms with Crippen LogP contribution < -0.4 is 10.6 Å². The third kappa shape index (κ3) is 6.08. The summed E-state index contributed by atoms with van der Waals surface area (Å²) < 4.78 is 5.76. The number of rotatable bonds is 9. The Morgan fingerprint density at radius 3 is 2.67 bits per heavy atom. The highest BCUT2D eigenvalue weighted by Crippen LogP contribution is 2.23. The maximum atomic E-state index is 12.6. The number of amides is 2. The molecule has 10 heteroatoms. The van der Waals surface area contributed by atoms with Crippen LogP contribution in [0, 0.1) is 16.7 Å². The van der Waals surface area contributed by atoms with Crippen molar-refractivity contribution in [1.29, 1.82) is 10.7 Å². The van der Waals surface area contributed by atoms with Crippen molar-refractivity contribution in [3.63, 3.8) is 0 Å². The molecule has 1 aromatic heterocycles. The molecule has 1 atom stereocenters. The molecule has 0 radical (unpaired) electrons. The van der Waals surface area contributed by atoms with Crippen molar-refractivity contribution in [2.45, 2.75) is 32.2 Å². The highest BCUT2D eigenvalue weighted by molar-refractivity contribution is 5.98. The van der Waals surface area contributed by atoms with Gasteiger partial charge in [0.25, 0.3) is 0 Å². The molecule has 10 nitrogen and oxygen atoms in total. The molecule has 3 heterocycles. The van der Waals surface area contributed by atoms with E-state index in [1.54, 1.807) is 12.3 Å². The van der Waals surface area contributed by atoms with E-state index in [0.29, 0.717) is 69.1 Å². The molecule has 1 aromatic rings. The average Bonchev–Trinajstić information content (AvgIpc) is 2.85. The lowest BCUT2D eigenvalue weighted by atomic mass is 10.0. The predicted molar refractivity (Wildman–Crippen MR) is 124 cm³/mol. The number of nitrogens with one attached hydrogen (secondary N) is 1. The van der Waals surface area contributed by atoms with Gasteiger partial charge in [0, 0.05) is 56.8 Å². The lowest BCUT2D eigenvalue weighted by molar-refractivity contribution is -0.132. The van der Waals surface area contributed by atoms with Gasteiger partial charge in [-0.2, -0.15) is 5.26 Å². The highest BCUT2D eigenvalue weighted by atomic mass is 16.5. The van der Waals surface area contributed by atoms with Gasteiger partial charge < -0.3 is 30.6 Å². The second-order valence-electron chi connectivity index (χ2n) is 8.23. The van der Waals surface area contributed by atoms with Crippen LogP contribution in [0.5, 0.6) is 0 Å². The van der Waals surface area contributed by atoms with Crippen molar-refractivity contribution < 1.29 is 14.3 Å². The first kappa shape index (κ1) is 24.2. The molecule has 3 N–H and O–H groups in total. The molecule has 2 aliphatic heterocycles. The number of ether oxygens (including phenoxy) is 1. The number of carbonyl (C=O) groups is 2. The van der Waals surface area contributed by atoms with Gasteiger partial charge in [-0.3, -0.25) is 9.59 Å². The van der Waals surface area contributed by atoms with E-state index in [1.165, 1.54) is 6.21 Å². The Hall–Kier alpha value is -3.45. The molecular weight excluding hydrogens is 422 g/mol. The molecule has 176 valence electrons. The molecule has 1 unspecified atom stereocenters. The third-order valence-electron chi connectivity index (χ3n) is 6.06. The monoisotopic (exact) mass is 453 g/mol. The third-order valence-corrected chi connectivity index (χ3v) is 6.06. The molecule has 33 heavy (non-hydrogen) atoms. The number of nitriles is 1. The van der Waals surface area contributed by atoms with Gasteiger partial charge in [0.15, 0.2) is 0 Å². The molecule has 0 bridgehead atoms. The average molecular weight is 454 g/mol. The minimum Gasteiger partial charge on any atom is -0.379 e. The van der Waals surface area contributed by atoms with Crippen molar-refractivity contribution in [3.8, 4) is 6.07 Å². The van der Waals surface area contributed by atoms with E-state index >= 15 is 0 Å². The van der Waals surface area contributed by atoms with E-state index in [2.05, 4.69) is 16.0 Å². The number of piperazine rings is 1. The standard InChI is InChI=1S/C23H31N7O3/c1-17(30-7-2-3-19(23(26)32)20(30)14-25)16-33-12-6-22(31)29-10-8-28(9-11-29)21-5-4-18(13-24)15-27-21/h4-5,14-15,17,25H,2-3,6-12,16H2,1H3,(H2,26,32). The Kier molecular flexibility index (Phi) is 8.38. The van der Waals surface area contributed by atoms with Crippen molar-refractivity contribution in [1.82, 2.24) is 14.8 Å². The number of aromatic nitrogens is 1. The fourth-order valence-electron chi connectivity index (χ4n) is 4.21. The molecule has 0 aliphatic carbocycles. The Labute approximate surface area is 194 Å². The van der Waals surface area contributed by atoms with Crippen LogP contribution in [0.1, 0.15) is 31.7 Å². The maximum absolute atomic E-state index is 12.6. The lowest BCUT2D eigenvalue weighted by Gasteiger charge is -2.36. The van der Waals surface area contributed by atoms with E-state index in [4.69, 9.17) is 21.1 Å². The largest absolute Gasteiger partial charge is 0.379 e. The zero-order chi connectivity index (χ0) is 23.8. The van der Waals surface area contributed by atoms with Gasteiger partial charge in [0.2, 0.25) is 11.8 Å². The quantitative estimate of drug-likeness (QED) is 0.418. The first-order valence-electron chi connectivity index (χ1n) is 11.2. The number of anilines is 1. The molecule has 1 fully saturated rings. The Morgan fingerprint density at radius 2 is 2.06 bits per heavy atom. The minimum absolute atomic E-state index is 0.0326. The van der Waals surface area contributed by atoms with Crippen molar-refractivity contribution in [2.24, 2.45) is 5.73 Å². The van der Waals surface area contributed by atoms with Crippen LogP contribution in [-0.2, 0) is 14.3 Å². The van der Waals surface area contributed by atoms with Crippen molar-refractivity contribution >= 4 is 23.8 Å². The fourth-order valence-corrected chi connectivity index (χ4v) is 4.21. The van der Waals surface area contributed by atoms with Gasteiger partial charge in [-0.25, -0.2) is 4.98 Å². The zero-order valence-corrected chi connectivity index (χ0v) is 19.0. The van der Waals surface area contributed by atoms with Crippen LogP contribution in [-0.4, -0.2) is 84.8 Å². The minimum atomic E-state index is -0.480. The number of hydrogen-bond acceptors (Lipinski definition) is 8. The van der Waals surface area contributed by atoms with Crippen LogP contribution in [0.25, 0.3) is 0 Å². The predicted octanol–water partition coefficient (Wildman–Crippen LogP) is 0.882. The maximum Gasteiger partial charge on any atom is 0.246 e. The summed E-state index contributed by atoms with van der Waals surface area (Å²) in [4.78, 5) is 34.5. The van der Waals surface area contributed by atoms with Gasteiger partial charge >= 0.3 is 0 Å². The fraction of sp³-hybridized carbons (Fsp3) is 0.522. The number of primary amides is 1. The topological polar surface area (TPSA) is 140 Å². The van der Waals surface area contributed by atoms with Gasteiger partial charge in [0.1, 0.15) is 11.9 Å². The summed E-state index contributed by atoms with van der Waals surface area (Å²) in [7, 11) is 0. The van der Waals surface area contributed by atoms with Crippen LogP contribution in [0.15, 0.2) is 29.6 Å². The first-order valence-corrected chi connectivity index (χ1v) is 11.2. The van der Waals surface area contributed by atoms with Gasteiger partial charge in [-0.05, 0) is 31.9 Å². The molecule has 3 rings (SSSR count). The summed E-state index contributed by atoms with van der Waals surface area (Å²) in [5.41, 5.74) is 7.04. The highest BCUT2D eigenvalue weighted by Gasteiger charge is 2.26. The van der Waals surface area contributed by atoms with E-state index in [9.17, 15) is 9.59 Å². The molecule has 1 saturated heterocycles.